The summed E-state index contributed by atoms with van der Waals surface area (Å²) in [6.45, 7) is 3.97. The molecule has 3 aromatic rings. The first-order valence-corrected chi connectivity index (χ1v) is 10.5. The van der Waals surface area contributed by atoms with Gasteiger partial charge in [-0.25, -0.2) is 12.4 Å². The Bertz CT molecular complexity index is 1070. The molecule has 142 valence electrons. The molecule has 27 heavy (non-hydrogen) atoms. The van der Waals surface area contributed by atoms with Gasteiger partial charge in [0.1, 0.15) is 5.38 Å². The van der Waals surface area contributed by atoms with E-state index in [2.05, 4.69) is 5.32 Å². The summed E-state index contributed by atoms with van der Waals surface area (Å²) in [5, 5.41) is 3.01. The van der Waals surface area contributed by atoms with Gasteiger partial charge >= 0.3 is 0 Å². The number of rotatable bonds is 6. The lowest BCUT2D eigenvalue weighted by Gasteiger charge is -2.10. The molecule has 2 aromatic carbocycles. The predicted molar refractivity (Wildman–Crippen MR) is 108 cm³/mol. The van der Waals surface area contributed by atoms with Gasteiger partial charge in [-0.1, -0.05) is 29.8 Å². The number of nitrogens with one attached hydrogen (secondary N) is 1. The Kier molecular flexibility index (Phi) is 5.58. The summed E-state index contributed by atoms with van der Waals surface area (Å²) in [5.74, 6) is -0.219. The number of hydrogen-bond acceptors (Lipinski definition) is 3. The highest BCUT2D eigenvalue weighted by molar-refractivity contribution is 7.90. The minimum Gasteiger partial charge on any atom is -0.354 e. The lowest BCUT2D eigenvalue weighted by atomic mass is 10.1. The second kappa shape index (κ2) is 7.74. The highest BCUT2D eigenvalue weighted by Crippen LogP contribution is 2.23. The zero-order chi connectivity index (χ0) is 19.6. The Hall–Kier alpha value is -2.31. The van der Waals surface area contributed by atoms with Gasteiger partial charge in [0.2, 0.25) is 5.91 Å². The van der Waals surface area contributed by atoms with Crippen LogP contribution in [0.15, 0.2) is 59.6 Å². The van der Waals surface area contributed by atoms with Crippen LogP contribution in [0.3, 0.4) is 0 Å². The van der Waals surface area contributed by atoms with Crippen molar-refractivity contribution in [3.63, 3.8) is 0 Å². The summed E-state index contributed by atoms with van der Waals surface area (Å²) < 4.78 is 27.3. The molecule has 0 spiro atoms. The normalized spacial score (nSPS) is 12.9. The van der Waals surface area contributed by atoms with E-state index in [0.717, 1.165) is 16.5 Å². The monoisotopic (exact) mass is 404 g/mol. The van der Waals surface area contributed by atoms with Gasteiger partial charge in [-0.3, -0.25) is 4.79 Å². The van der Waals surface area contributed by atoms with E-state index in [1.54, 1.807) is 43.5 Å². The summed E-state index contributed by atoms with van der Waals surface area (Å²) in [5.41, 5.74) is 2.55. The van der Waals surface area contributed by atoms with E-state index in [9.17, 15) is 13.2 Å². The highest BCUT2D eigenvalue weighted by Gasteiger charge is 2.19. The van der Waals surface area contributed by atoms with Crippen molar-refractivity contribution in [3.8, 4) is 0 Å². The van der Waals surface area contributed by atoms with Gasteiger partial charge in [-0.05, 0) is 50.1 Å². The van der Waals surface area contributed by atoms with Crippen molar-refractivity contribution in [2.75, 3.05) is 6.54 Å². The maximum absolute atomic E-state index is 13.0. The van der Waals surface area contributed by atoms with Crippen LogP contribution in [-0.2, 0) is 21.2 Å². The van der Waals surface area contributed by atoms with Crippen molar-refractivity contribution < 1.29 is 13.2 Å². The fraction of sp³-hybridized carbons (Fsp3) is 0.250. The number of halogens is 1. The summed E-state index contributed by atoms with van der Waals surface area (Å²) in [6.07, 6.45) is 2.15. The number of hydrogen-bond donors (Lipinski definition) is 1. The number of benzene rings is 2. The maximum atomic E-state index is 13.0. The highest BCUT2D eigenvalue weighted by atomic mass is 35.5. The summed E-state index contributed by atoms with van der Waals surface area (Å²) in [4.78, 5) is 11.8. The number of carbonyl (C=O) groups excluding carboxylic acids is 1. The Balaban J connectivity index is 1.89. The molecule has 0 radical (unpaired) electrons. The minimum absolute atomic E-state index is 0.219. The van der Waals surface area contributed by atoms with E-state index in [4.69, 9.17) is 11.6 Å². The number of carbonyl (C=O) groups is 1. The minimum atomic E-state index is -3.67. The average molecular weight is 405 g/mol. The SMILES string of the molecule is Cc1ccc(S(=O)(=O)n2ccc3ccc(CCNC(=O)C(C)Cl)cc32)cc1. The van der Waals surface area contributed by atoms with Crippen molar-refractivity contribution in [1.29, 1.82) is 0 Å². The summed E-state index contributed by atoms with van der Waals surface area (Å²) in [7, 11) is -3.67. The number of nitrogens with zero attached hydrogens (tertiary/aromatic N) is 1. The Morgan fingerprint density at radius 1 is 1.15 bits per heavy atom. The maximum Gasteiger partial charge on any atom is 0.268 e. The van der Waals surface area contributed by atoms with Gasteiger partial charge in [-0.15, -0.1) is 11.6 Å². The van der Waals surface area contributed by atoms with Crippen LogP contribution in [0, 0.1) is 6.92 Å². The lowest BCUT2D eigenvalue weighted by molar-refractivity contribution is -0.120. The second-order valence-corrected chi connectivity index (χ2v) is 8.95. The average Bonchev–Trinajstić information content (AvgIpc) is 3.06. The topological polar surface area (TPSA) is 68.2 Å². The Labute approximate surface area is 164 Å². The van der Waals surface area contributed by atoms with E-state index in [1.165, 1.54) is 3.97 Å². The van der Waals surface area contributed by atoms with E-state index in [1.807, 2.05) is 25.1 Å². The summed E-state index contributed by atoms with van der Waals surface area (Å²) >= 11 is 5.73. The molecule has 0 aliphatic heterocycles. The van der Waals surface area contributed by atoms with Crippen LogP contribution >= 0.6 is 11.6 Å². The molecule has 1 unspecified atom stereocenters. The van der Waals surface area contributed by atoms with Gasteiger partial charge in [0, 0.05) is 18.1 Å². The van der Waals surface area contributed by atoms with Crippen LogP contribution in [-0.4, -0.2) is 30.2 Å². The van der Waals surface area contributed by atoms with Crippen LogP contribution in [0.1, 0.15) is 18.1 Å². The molecular weight excluding hydrogens is 384 g/mol. The first-order valence-electron chi connectivity index (χ1n) is 8.63. The van der Waals surface area contributed by atoms with Crippen molar-refractivity contribution in [3.05, 3.63) is 65.9 Å². The lowest BCUT2D eigenvalue weighted by Crippen LogP contribution is -2.31. The molecule has 0 fully saturated rings. The number of amides is 1. The van der Waals surface area contributed by atoms with Crippen molar-refractivity contribution in [2.24, 2.45) is 0 Å². The standard InChI is InChI=1S/C20H21ClN2O3S/c1-14-3-7-18(8-4-14)27(25,26)23-12-10-17-6-5-16(13-19(17)23)9-11-22-20(24)15(2)21/h3-8,10,12-13,15H,9,11H2,1-2H3,(H,22,24). The van der Waals surface area contributed by atoms with E-state index >= 15 is 0 Å². The van der Waals surface area contributed by atoms with Gasteiger partial charge in [0.25, 0.3) is 10.0 Å². The quantitative estimate of drug-likeness (QED) is 0.639. The van der Waals surface area contributed by atoms with Crippen molar-refractivity contribution in [2.45, 2.75) is 30.5 Å². The summed E-state index contributed by atoms with van der Waals surface area (Å²) in [6, 6.07) is 14.2. The fourth-order valence-corrected chi connectivity index (χ4v) is 4.23. The van der Waals surface area contributed by atoms with Gasteiger partial charge < -0.3 is 5.32 Å². The Morgan fingerprint density at radius 3 is 2.52 bits per heavy atom. The molecule has 1 N–H and O–H groups in total. The molecule has 1 heterocycles. The molecule has 0 saturated heterocycles. The molecule has 1 amide bonds. The second-order valence-electron chi connectivity index (χ2n) is 6.48. The molecule has 1 atom stereocenters. The first kappa shape index (κ1) is 19.5. The van der Waals surface area contributed by atoms with Crippen molar-refractivity contribution >= 4 is 38.4 Å². The molecular formula is C20H21ClN2O3S. The molecule has 1 aromatic heterocycles. The predicted octanol–water partition coefficient (Wildman–Crippen LogP) is 3.47. The van der Waals surface area contributed by atoms with Crippen LogP contribution < -0.4 is 5.32 Å². The molecule has 0 saturated carbocycles. The third-order valence-corrected chi connectivity index (χ3v) is 6.28. The number of alkyl halides is 1. The van der Waals surface area contributed by atoms with E-state index in [0.29, 0.717) is 18.5 Å². The molecule has 3 rings (SSSR count). The first-order chi connectivity index (χ1) is 12.8. The van der Waals surface area contributed by atoms with Crippen LogP contribution in [0.2, 0.25) is 0 Å². The number of fused-ring (bicyclic) bond motifs is 1. The van der Waals surface area contributed by atoms with Gasteiger partial charge in [-0.2, -0.15) is 0 Å². The third kappa shape index (κ3) is 4.17. The third-order valence-electron chi connectivity index (χ3n) is 4.37. The van der Waals surface area contributed by atoms with Crippen molar-refractivity contribution in [1.82, 2.24) is 9.29 Å². The molecule has 0 bridgehead atoms. The van der Waals surface area contributed by atoms with Crippen LogP contribution in [0.4, 0.5) is 0 Å². The number of aryl methyl sites for hydroxylation is 1. The smallest absolute Gasteiger partial charge is 0.268 e. The van der Waals surface area contributed by atoms with E-state index < -0.39 is 15.4 Å². The Morgan fingerprint density at radius 2 is 1.85 bits per heavy atom. The molecule has 7 heteroatoms. The fourth-order valence-electron chi connectivity index (χ4n) is 2.81. The number of aromatic nitrogens is 1. The van der Waals surface area contributed by atoms with Crippen LogP contribution in [0.25, 0.3) is 10.9 Å². The van der Waals surface area contributed by atoms with Gasteiger partial charge in [0.15, 0.2) is 0 Å². The molecule has 5 nitrogen and oxygen atoms in total. The zero-order valence-electron chi connectivity index (χ0n) is 15.1. The van der Waals surface area contributed by atoms with E-state index in [-0.39, 0.29) is 10.8 Å². The largest absolute Gasteiger partial charge is 0.354 e. The molecule has 0 aliphatic carbocycles. The van der Waals surface area contributed by atoms with Gasteiger partial charge in [0.05, 0.1) is 10.4 Å². The van der Waals surface area contributed by atoms with Crippen LogP contribution in [0.5, 0.6) is 0 Å². The zero-order valence-corrected chi connectivity index (χ0v) is 16.7. The molecule has 0 aliphatic rings.